The quantitative estimate of drug-likeness (QED) is 0.647. The summed E-state index contributed by atoms with van der Waals surface area (Å²) in [6.45, 7) is 9.23. The van der Waals surface area contributed by atoms with Crippen LogP contribution < -0.4 is 0 Å². The van der Waals surface area contributed by atoms with E-state index in [2.05, 4.69) is 62.6 Å². The number of rotatable bonds is 9. The summed E-state index contributed by atoms with van der Waals surface area (Å²) in [6, 6.07) is 11.1. The Labute approximate surface area is 174 Å². The number of hydrogen-bond acceptors (Lipinski definition) is 6. The largest absolute Gasteiger partial charge is 0.376 e. The summed E-state index contributed by atoms with van der Waals surface area (Å²) in [5, 5.41) is 12.8. The lowest BCUT2D eigenvalue weighted by Crippen LogP contribution is -2.47. The number of ether oxygens (including phenoxy) is 1. The summed E-state index contributed by atoms with van der Waals surface area (Å²) >= 11 is 0. The first-order valence-corrected chi connectivity index (χ1v) is 11.2. The van der Waals surface area contributed by atoms with E-state index >= 15 is 0 Å². The summed E-state index contributed by atoms with van der Waals surface area (Å²) in [7, 11) is 0. The van der Waals surface area contributed by atoms with Gasteiger partial charge in [-0.2, -0.15) is 0 Å². The summed E-state index contributed by atoms with van der Waals surface area (Å²) in [5.41, 5.74) is 1.39. The minimum atomic E-state index is 0.256. The zero-order valence-corrected chi connectivity index (χ0v) is 17.6. The third-order valence-electron chi connectivity index (χ3n) is 6.19. The molecule has 0 radical (unpaired) electrons. The van der Waals surface area contributed by atoms with Gasteiger partial charge in [0.05, 0.1) is 18.7 Å². The van der Waals surface area contributed by atoms with E-state index in [9.17, 15) is 0 Å². The van der Waals surface area contributed by atoms with Crippen LogP contribution >= 0.6 is 0 Å². The maximum absolute atomic E-state index is 5.82. The number of aromatic nitrogens is 4. The highest BCUT2D eigenvalue weighted by Crippen LogP contribution is 2.27. The van der Waals surface area contributed by atoms with Crippen molar-refractivity contribution in [3.05, 3.63) is 41.7 Å². The van der Waals surface area contributed by atoms with Gasteiger partial charge >= 0.3 is 0 Å². The first kappa shape index (κ1) is 20.4. The molecule has 0 N–H and O–H groups in total. The normalized spacial score (nSPS) is 22.2. The third-order valence-corrected chi connectivity index (χ3v) is 6.19. The topological polar surface area (TPSA) is 59.3 Å². The zero-order chi connectivity index (χ0) is 19.9. The third kappa shape index (κ3) is 5.41. The van der Waals surface area contributed by atoms with Crippen LogP contribution in [0, 0.1) is 0 Å². The van der Waals surface area contributed by atoms with Crippen LogP contribution in [0.25, 0.3) is 0 Å². The van der Waals surface area contributed by atoms with Crippen LogP contribution in [0.1, 0.15) is 56.5 Å². The van der Waals surface area contributed by atoms with Gasteiger partial charge in [-0.15, -0.1) is 5.10 Å². The zero-order valence-electron chi connectivity index (χ0n) is 17.6. The van der Waals surface area contributed by atoms with Crippen LogP contribution in [0.15, 0.2) is 30.3 Å². The SMILES string of the molecule is CCCC[C@H](c1nnnn1C[C@@H]1CCCO1)N1CCN(Cc2ccccc2)CC1. The van der Waals surface area contributed by atoms with Gasteiger partial charge in [0.1, 0.15) is 0 Å². The summed E-state index contributed by atoms with van der Waals surface area (Å²) in [5.74, 6) is 1.02. The molecule has 29 heavy (non-hydrogen) atoms. The van der Waals surface area contributed by atoms with E-state index in [4.69, 9.17) is 4.74 Å². The van der Waals surface area contributed by atoms with Gasteiger partial charge in [0.2, 0.25) is 0 Å². The lowest BCUT2D eigenvalue weighted by atomic mass is 10.1. The minimum absolute atomic E-state index is 0.256. The summed E-state index contributed by atoms with van der Waals surface area (Å²) in [4.78, 5) is 5.15. The summed E-state index contributed by atoms with van der Waals surface area (Å²) in [6.07, 6.45) is 6.01. The first-order chi connectivity index (χ1) is 14.3. The lowest BCUT2D eigenvalue weighted by molar-refractivity contribution is 0.0730. The van der Waals surface area contributed by atoms with E-state index in [1.807, 2.05) is 4.68 Å². The fraction of sp³-hybridized carbons (Fsp3) is 0.682. The van der Waals surface area contributed by atoms with Crippen molar-refractivity contribution in [3.8, 4) is 0 Å². The predicted molar refractivity (Wildman–Crippen MR) is 112 cm³/mol. The molecule has 2 atom stereocenters. The number of tetrazole rings is 1. The number of benzene rings is 1. The standard InChI is InChI=1S/C22H34N6O/c1-2-3-11-21(22-23-24-25-28(22)18-20-10-7-16-29-20)27-14-12-26(13-15-27)17-19-8-5-4-6-9-19/h4-6,8-9,20-21H,2-3,7,10-18H2,1H3/t20-,21+/m0/s1. The van der Waals surface area contributed by atoms with E-state index in [0.29, 0.717) is 6.04 Å². The van der Waals surface area contributed by atoms with Crippen molar-refractivity contribution in [2.45, 2.75) is 64.3 Å². The highest BCUT2D eigenvalue weighted by Gasteiger charge is 2.30. The number of unbranched alkanes of at least 4 members (excludes halogenated alkanes) is 1. The number of nitrogens with zero attached hydrogens (tertiary/aromatic N) is 6. The molecule has 7 nitrogen and oxygen atoms in total. The van der Waals surface area contributed by atoms with E-state index < -0.39 is 0 Å². The molecule has 2 aromatic rings. The first-order valence-electron chi connectivity index (χ1n) is 11.2. The smallest absolute Gasteiger partial charge is 0.168 e. The van der Waals surface area contributed by atoms with E-state index in [-0.39, 0.29) is 6.10 Å². The van der Waals surface area contributed by atoms with Crippen molar-refractivity contribution < 1.29 is 4.74 Å². The average Bonchev–Trinajstić information content (AvgIpc) is 3.43. The second-order valence-corrected chi connectivity index (χ2v) is 8.31. The van der Waals surface area contributed by atoms with Gasteiger partial charge in [-0.1, -0.05) is 50.1 Å². The Morgan fingerprint density at radius 3 is 2.69 bits per heavy atom. The van der Waals surface area contributed by atoms with Gasteiger partial charge in [-0.25, -0.2) is 4.68 Å². The van der Waals surface area contributed by atoms with Crippen molar-refractivity contribution in [1.82, 2.24) is 30.0 Å². The molecule has 0 aliphatic carbocycles. The van der Waals surface area contributed by atoms with Crippen LogP contribution in [0.5, 0.6) is 0 Å². The van der Waals surface area contributed by atoms with Gasteiger partial charge < -0.3 is 4.74 Å². The molecule has 2 fully saturated rings. The molecule has 0 saturated carbocycles. The predicted octanol–water partition coefficient (Wildman–Crippen LogP) is 2.90. The molecular formula is C22H34N6O. The van der Waals surface area contributed by atoms with Crippen molar-refractivity contribution in [1.29, 1.82) is 0 Å². The molecule has 4 rings (SSSR count). The van der Waals surface area contributed by atoms with Crippen molar-refractivity contribution in [2.75, 3.05) is 32.8 Å². The van der Waals surface area contributed by atoms with Crippen molar-refractivity contribution in [2.24, 2.45) is 0 Å². The Morgan fingerprint density at radius 1 is 1.14 bits per heavy atom. The Balaban J connectivity index is 1.39. The second kappa shape index (κ2) is 10.3. The van der Waals surface area contributed by atoms with Gasteiger partial charge in [0.15, 0.2) is 5.82 Å². The fourth-order valence-electron chi connectivity index (χ4n) is 4.51. The molecule has 1 aromatic carbocycles. The van der Waals surface area contributed by atoms with Gasteiger partial charge in [-0.3, -0.25) is 9.80 Å². The number of hydrogen-bond donors (Lipinski definition) is 0. The Kier molecular flexibility index (Phi) is 7.24. The maximum atomic E-state index is 5.82. The molecule has 0 unspecified atom stereocenters. The van der Waals surface area contributed by atoms with Crippen LogP contribution in [-0.2, 0) is 17.8 Å². The van der Waals surface area contributed by atoms with Crippen LogP contribution in [0.3, 0.4) is 0 Å². The highest BCUT2D eigenvalue weighted by atomic mass is 16.5. The Hall–Kier alpha value is -1.83. The second-order valence-electron chi connectivity index (χ2n) is 8.31. The van der Waals surface area contributed by atoms with Crippen LogP contribution in [0.4, 0.5) is 0 Å². The molecule has 1 aromatic heterocycles. The van der Waals surface area contributed by atoms with Gasteiger partial charge in [0.25, 0.3) is 0 Å². The maximum Gasteiger partial charge on any atom is 0.168 e. The molecule has 2 saturated heterocycles. The van der Waals surface area contributed by atoms with Crippen molar-refractivity contribution >= 4 is 0 Å². The Morgan fingerprint density at radius 2 is 1.97 bits per heavy atom. The molecule has 3 heterocycles. The molecule has 0 bridgehead atoms. The molecule has 158 valence electrons. The molecule has 2 aliphatic rings. The van der Waals surface area contributed by atoms with Gasteiger partial charge in [0, 0.05) is 39.3 Å². The Bertz CT molecular complexity index is 722. The minimum Gasteiger partial charge on any atom is -0.376 e. The van der Waals surface area contributed by atoms with E-state index in [1.54, 1.807) is 0 Å². The molecule has 7 heteroatoms. The summed E-state index contributed by atoms with van der Waals surface area (Å²) < 4.78 is 7.83. The number of piperazine rings is 1. The van der Waals surface area contributed by atoms with Crippen LogP contribution in [-0.4, -0.2) is 68.9 Å². The van der Waals surface area contributed by atoms with E-state index in [1.165, 1.54) is 18.4 Å². The molecule has 2 aliphatic heterocycles. The molecule has 0 spiro atoms. The molecular weight excluding hydrogens is 364 g/mol. The fourth-order valence-corrected chi connectivity index (χ4v) is 4.51. The average molecular weight is 399 g/mol. The van der Waals surface area contributed by atoms with Crippen LogP contribution in [0.2, 0.25) is 0 Å². The van der Waals surface area contributed by atoms with E-state index in [0.717, 1.165) is 71.0 Å². The monoisotopic (exact) mass is 398 g/mol. The highest BCUT2D eigenvalue weighted by molar-refractivity contribution is 5.14. The molecule has 0 amide bonds. The lowest BCUT2D eigenvalue weighted by Gasteiger charge is -2.39. The van der Waals surface area contributed by atoms with Crippen molar-refractivity contribution in [3.63, 3.8) is 0 Å². The van der Waals surface area contributed by atoms with Gasteiger partial charge in [-0.05, 0) is 35.3 Å².